The number of hydrogen-bond acceptors (Lipinski definition) is 6. The van der Waals surface area contributed by atoms with Gasteiger partial charge in [0.05, 0.1) is 26.4 Å². The zero-order chi connectivity index (χ0) is 13.9. The van der Waals surface area contributed by atoms with Gasteiger partial charge in [0, 0.05) is 0 Å². The first-order chi connectivity index (χ1) is 9.15. The Morgan fingerprint density at radius 1 is 1.00 bits per heavy atom. The van der Waals surface area contributed by atoms with Crippen molar-refractivity contribution in [2.45, 2.75) is 32.5 Å². The summed E-state index contributed by atoms with van der Waals surface area (Å²) < 4.78 is 21.4. The van der Waals surface area contributed by atoms with Crippen molar-refractivity contribution in [3.8, 4) is 0 Å². The predicted molar refractivity (Wildman–Crippen MR) is 64.1 cm³/mol. The smallest absolute Gasteiger partial charge is 0.314 e. The van der Waals surface area contributed by atoms with Gasteiger partial charge in [0.25, 0.3) is 0 Å². The van der Waals surface area contributed by atoms with E-state index in [0.717, 1.165) is 0 Å². The molecule has 0 unspecified atom stereocenters. The highest BCUT2D eigenvalue weighted by Gasteiger charge is 2.61. The van der Waals surface area contributed by atoms with E-state index < -0.39 is 17.6 Å². The second-order valence-electron chi connectivity index (χ2n) is 4.60. The molecule has 0 bridgehead atoms. The molecule has 0 aromatic rings. The standard InChI is InChI=1S/C13H20O6/c1-3-16-11(14)9-5-7-18-13(9)10(6-8-19-13)12(15)17-4-2/h9-10H,3-8H2,1-2H3/t9-,10-,13?/m1/s1. The molecule has 2 aliphatic rings. The Kier molecular flexibility index (Phi) is 4.42. The number of carbonyl (C=O) groups is 2. The number of rotatable bonds is 4. The van der Waals surface area contributed by atoms with Gasteiger partial charge in [0.2, 0.25) is 0 Å². The van der Waals surface area contributed by atoms with Gasteiger partial charge in [-0.2, -0.15) is 0 Å². The topological polar surface area (TPSA) is 71.1 Å². The molecule has 1 spiro atoms. The molecule has 6 nitrogen and oxygen atoms in total. The van der Waals surface area contributed by atoms with Gasteiger partial charge in [0.15, 0.2) is 5.79 Å². The van der Waals surface area contributed by atoms with E-state index in [1.165, 1.54) is 0 Å². The van der Waals surface area contributed by atoms with Crippen molar-refractivity contribution < 1.29 is 28.5 Å². The maximum Gasteiger partial charge on any atom is 0.314 e. The maximum atomic E-state index is 12.0. The van der Waals surface area contributed by atoms with E-state index in [9.17, 15) is 9.59 Å². The Morgan fingerprint density at radius 3 is 1.79 bits per heavy atom. The van der Waals surface area contributed by atoms with E-state index >= 15 is 0 Å². The number of ether oxygens (including phenoxy) is 4. The van der Waals surface area contributed by atoms with E-state index in [0.29, 0.717) is 39.3 Å². The van der Waals surface area contributed by atoms with Crippen LogP contribution in [0.4, 0.5) is 0 Å². The van der Waals surface area contributed by atoms with Gasteiger partial charge in [-0.05, 0) is 26.7 Å². The van der Waals surface area contributed by atoms with Crippen molar-refractivity contribution in [1.29, 1.82) is 0 Å². The minimum Gasteiger partial charge on any atom is -0.466 e. The molecule has 0 saturated carbocycles. The van der Waals surface area contributed by atoms with Crippen LogP contribution in [0.5, 0.6) is 0 Å². The molecule has 0 N–H and O–H groups in total. The van der Waals surface area contributed by atoms with Crippen LogP contribution in [0.3, 0.4) is 0 Å². The van der Waals surface area contributed by atoms with Gasteiger partial charge >= 0.3 is 11.9 Å². The molecule has 2 saturated heterocycles. The molecular weight excluding hydrogens is 252 g/mol. The van der Waals surface area contributed by atoms with Crippen LogP contribution in [0.15, 0.2) is 0 Å². The molecule has 19 heavy (non-hydrogen) atoms. The molecule has 0 aromatic heterocycles. The van der Waals surface area contributed by atoms with Crippen molar-refractivity contribution in [3.63, 3.8) is 0 Å². The number of hydrogen-bond donors (Lipinski definition) is 0. The van der Waals surface area contributed by atoms with Gasteiger partial charge in [-0.15, -0.1) is 0 Å². The first-order valence-electron chi connectivity index (χ1n) is 6.76. The van der Waals surface area contributed by atoms with Crippen molar-refractivity contribution in [3.05, 3.63) is 0 Å². The number of esters is 2. The molecule has 2 heterocycles. The highest BCUT2D eigenvalue weighted by Crippen LogP contribution is 2.46. The summed E-state index contributed by atoms with van der Waals surface area (Å²) in [5, 5.41) is 0. The average Bonchev–Trinajstić information content (AvgIpc) is 2.98. The van der Waals surface area contributed by atoms with E-state index in [1.54, 1.807) is 13.8 Å². The first kappa shape index (κ1) is 14.3. The van der Waals surface area contributed by atoms with Crippen LogP contribution in [0.25, 0.3) is 0 Å². The van der Waals surface area contributed by atoms with Crippen molar-refractivity contribution in [1.82, 2.24) is 0 Å². The predicted octanol–water partition coefficient (Wildman–Crippen LogP) is 0.882. The van der Waals surface area contributed by atoms with Crippen LogP contribution in [0.2, 0.25) is 0 Å². The van der Waals surface area contributed by atoms with E-state index in [-0.39, 0.29) is 11.9 Å². The summed E-state index contributed by atoms with van der Waals surface area (Å²) >= 11 is 0. The zero-order valence-corrected chi connectivity index (χ0v) is 11.3. The molecule has 2 aliphatic heterocycles. The van der Waals surface area contributed by atoms with Gasteiger partial charge in [-0.3, -0.25) is 9.59 Å². The lowest BCUT2D eigenvalue weighted by Gasteiger charge is -2.32. The summed E-state index contributed by atoms with van der Waals surface area (Å²) in [6, 6.07) is 0. The van der Waals surface area contributed by atoms with Crippen molar-refractivity contribution >= 4 is 11.9 Å². The SMILES string of the molecule is CCOC(=O)[C@H]1CCOC12OCC[C@@H]2C(=O)OCC. The van der Waals surface area contributed by atoms with Crippen LogP contribution in [-0.4, -0.2) is 44.2 Å². The molecule has 108 valence electrons. The Labute approximate surface area is 112 Å². The Morgan fingerprint density at radius 2 is 1.42 bits per heavy atom. The lowest BCUT2D eigenvalue weighted by atomic mass is 9.86. The summed E-state index contributed by atoms with van der Waals surface area (Å²) in [7, 11) is 0. The summed E-state index contributed by atoms with van der Waals surface area (Å²) in [6.07, 6.45) is 1.02. The summed E-state index contributed by atoms with van der Waals surface area (Å²) in [5.74, 6) is -3.01. The fraction of sp³-hybridized carbons (Fsp3) is 0.846. The van der Waals surface area contributed by atoms with Crippen LogP contribution in [0, 0.1) is 11.8 Å². The Bertz CT molecular complexity index is 319. The fourth-order valence-corrected chi connectivity index (χ4v) is 2.81. The van der Waals surface area contributed by atoms with Gasteiger partial charge in [-0.1, -0.05) is 0 Å². The normalized spacial score (nSPS) is 28.5. The van der Waals surface area contributed by atoms with Crippen LogP contribution in [0.1, 0.15) is 26.7 Å². The highest BCUT2D eigenvalue weighted by atomic mass is 16.7. The van der Waals surface area contributed by atoms with Gasteiger partial charge in [-0.25, -0.2) is 0 Å². The fourth-order valence-electron chi connectivity index (χ4n) is 2.81. The molecule has 0 aliphatic carbocycles. The molecule has 0 aromatic carbocycles. The molecule has 2 fully saturated rings. The third-order valence-electron chi connectivity index (χ3n) is 3.58. The van der Waals surface area contributed by atoms with E-state index in [1.807, 2.05) is 0 Å². The third kappa shape index (κ3) is 2.47. The first-order valence-corrected chi connectivity index (χ1v) is 6.76. The summed E-state index contributed by atoms with van der Waals surface area (Å²) in [6.45, 7) is 4.88. The van der Waals surface area contributed by atoms with Crippen LogP contribution >= 0.6 is 0 Å². The number of carbonyl (C=O) groups excluding carboxylic acids is 2. The molecule has 6 heteroatoms. The summed E-state index contributed by atoms with van der Waals surface area (Å²) in [4.78, 5) is 24.0. The second kappa shape index (κ2) is 5.88. The maximum absolute atomic E-state index is 12.0. The minimum absolute atomic E-state index is 0.301. The lowest BCUT2D eigenvalue weighted by molar-refractivity contribution is -0.232. The molecule has 2 rings (SSSR count). The zero-order valence-electron chi connectivity index (χ0n) is 11.3. The Balaban J connectivity index is 2.18. The molecule has 2 atom stereocenters. The van der Waals surface area contributed by atoms with E-state index in [2.05, 4.69) is 0 Å². The average molecular weight is 272 g/mol. The molecule has 0 radical (unpaired) electrons. The summed E-state index contributed by atoms with van der Waals surface area (Å²) in [5.41, 5.74) is 0. The quantitative estimate of drug-likeness (QED) is 0.708. The van der Waals surface area contributed by atoms with Gasteiger partial charge in [0.1, 0.15) is 11.8 Å². The van der Waals surface area contributed by atoms with E-state index in [4.69, 9.17) is 18.9 Å². The van der Waals surface area contributed by atoms with Gasteiger partial charge < -0.3 is 18.9 Å². The molecular formula is C13H20O6. The van der Waals surface area contributed by atoms with Crippen LogP contribution in [-0.2, 0) is 28.5 Å². The van der Waals surface area contributed by atoms with Crippen molar-refractivity contribution in [2.24, 2.45) is 11.8 Å². The largest absolute Gasteiger partial charge is 0.466 e. The lowest BCUT2D eigenvalue weighted by Crippen LogP contribution is -2.48. The third-order valence-corrected chi connectivity index (χ3v) is 3.58. The Hall–Kier alpha value is -1.14. The molecule has 0 amide bonds. The van der Waals surface area contributed by atoms with Crippen molar-refractivity contribution in [2.75, 3.05) is 26.4 Å². The minimum atomic E-state index is -1.18. The second-order valence-corrected chi connectivity index (χ2v) is 4.60. The highest BCUT2D eigenvalue weighted by molar-refractivity contribution is 5.79. The van der Waals surface area contributed by atoms with Crippen LogP contribution < -0.4 is 0 Å². The monoisotopic (exact) mass is 272 g/mol.